The van der Waals surface area contributed by atoms with Crippen molar-refractivity contribution in [2.45, 2.75) is 0 Å². The lowest BCUT2D eigenvalue weighted by Gasteiger charge is -2.29. The first-order valence-corrected chi connectivity index (χ1v) is 8.42. The third kappa shape index (κ3) is 2.97. The van der Waals surface area contributed by atoms with Gasteiger partial charge in [0, 0.05) is 36.3 Å². The number of methoxy groups -OCH3 is 1. The van der Waals surface area contributed by atoms with Crippen molar-refractivity contribution in [2.24, 2.45) is 0 Å². The summed E-state index contributed by atoms with van der Waals surface area (Å²) in [5.74, 6) is -0.0331. The summed E-state index contributed by atoms with van der Waals surface area (Å²) >= 11 is 0. The van der Waals surface area contributed by atoms with E-state index in [1.165, 1.54) is 6.07 Å². The molecule has 134 valence electrons. The van der Waals surface area contributed by atoms with E-state index >= 15 is 0 Å². The van der Waals surface area contributed by atoms with Crippen LogP contribution in [0.5, 0.6) is 5.75 Å². The summed E-state index contributed by atoms with van der Waals surface area (Å²) in [4.78, 5) is 6.49. The minimum atomic E-state index is -0.613. The van der Waals surface area contributed by atoms with Gasteiger partial charge in [-0.1, -0.05) is 12.1 Å². The third-order valence-corrected chi connectivity index (χ3v) is 4.58. The molecular formula is C20H18F2N2O2. The zero-order valence-electron chi connectivity index (χ0n) is 14.3. The third-order valence-electron chi connectivity index (χ3n) is 4.58. The summed E-state index contributed by atoms with van der Waals surface area (Å²) < 4.78 is 39.4. The van der Waals surface area contributed by atoms with Crippen molar-refractivity contribution in [3.05, 3.63) is 54.2 Å². The van der Waals surface area contributed by atoms with Crippen molar-refractivity contribution in [3.8, 4) is 16.9 Å². The number of nitrogens with zero attached hydrogens (tertiary/aromatic N) is 2. The molecule has 0 atom stereocenters. The van der Waals surface area contributed by atoms with E-state index in [1.54, 1.807) is 13.3 Å². The lowest BCUT2D eigenvalue weighted by Crippen LogP contribution is -2.37. The predicted octanol–water partition coefficient (Wildman–Crippen LogP) is 4.03. The summed E-state index contributed by atoms with van der Waals surface area (Å²) in [6.45, 7) is 2.36. The second kappa shape index (κ2) is 6.88. The number of pyridine rings is 1. The molecule has 0 saturated carbocycles. The van der Waals surface area contributed by atoms with E-state index in [0.29, 0.717) is 54.2 Å². The molecule has 0 aliphatic carbocycles. The van der Waals surface area contributed by atoms with Crippen LogP contribution in [0.25, 0.3) is 21.9 Å². The van der Waals surface area contributed by atoms with Crippen LogP contribution in [0, 0.1) is 11.6 Å². The lowest BCUT2D eigenvalue weighted by molar-refractivity contribution is 0.122. The summed E-state index contributed by atoms with van der Waals surface area (Å²) in [6.07, 6.45) is 1.67. The lowest BCUT2D eigenvalue weighted by atomic mass is 9.99. The van der Waals surface area contributed by atoms with Crippen LogP contribution in [0.1, 0.15) is 0 Å². The van der Waals surface area contributed by atoms with Crippen LogP contribution in [-0.2, 0) is 4.74 Å². The number of fused-ring (bicyclic) bond motifs is 1. The molecule has 6 heteroatoms. The largest absolute Gasteiger partial charge is 0.497 e. The van der Waals surface area contributed by atoms with Gasteiger partial charge in [-0.15, -0.1) is 0 Å². The molecule has 26 heavy (non-hydrogen) atoms. The number of benzene rings is 2. The highest BCUT2D eigenvalue weighted by Crippen LogP contribution is 2.36. The van der Waals surface area contributed by atoms with Gasteiger partial charge in [0.25, 0.3) is 0 Å². The Hall–Kier alpha value is -2.73. The first-order valence-electron chi connectivity index (χ1n) is 8.42. The number of anilines is 1. The highest BCUT2D eigenvalue weighted by atomic mass is 19.1. The van der Waals surface area contributed by atoms with Gasteiger partial charge in [0.1, 0.15) is 23.2 Å². The molecule has 3 aromatic rings. The molecule has 4 nitrogen and oxygen atoms in total. The predicted molar refractivity (Wildman–Crippen MR) is 96.7 cm³/mol. The molecule has 1 saturated heterocycles. The smallest absolute Gasteiger partial charge is 0.139 e. The minimum absolute atomic E-state index is 0.327. The van der Waals surface area contributed by atoms with Crippen molar-refractivity contribution in [1.29, 1.82) is 0 Å². The van der Waals surface area contributed by atoms with Crippen LogP contribution in [0.2, 0.25) is 0 Å². The van der Waals surface area contributed by atoms with Gasteiger partial charge in [0.05, 0.1) is 25.7 Å². The highest BCUT2D eigenvalue weighted by molar-refractivity contribution is 6.02. The normalized spacial score (nSPS) is 14.7. The second-order valence-corrected chi connectivity index (χ2v) is 6.14. The molecule has 4 rings (SSSR count). The summed E-state index contributed by atoms with van der Waals surface area (Å²) in [6, 6.07) is 9.62. The summed E-state index contributed by atoms with van der Waals surface area (Å²) in [5, 5.41) is 0.820. The first kappa shape index (κ1) is 16.7. The van der Waals surface area contributed by atoms with Crippen LogP contribution in [0.3, 0.4) is 0 Å². The Labute approximate surface area is 150 Å². The monoisotopic (exact) mass is 356 g/mol. The molecule has 1 aliphatic heterocycles. The molecule has 0 bridgehead atoms. The average Bonchev–Trinajstić information content (AvgIpc) is 2.67. The van der Waals surface area contributed by atoms with E-state index in [4.69, 9.17) is 9.47 Å². The fourth-order valence-corrected chi connectivity index (χ4v) is 3.31. The highest BCUT2D eigenvalue weighted by Gasteiger charge is 2.20. The molecule has 0 unspecified atom stereocenters. The van der Waals surface area contributed by atoms with E-state index in [2.05, 4.69) is 4.98 Å². The molecular weight excluding hydrogens is 338 g/mol. The molecule has 0 amide bonds. The fourth-order valence-electron chi connectivity index (χ4n) is 3.31. The SMILES string of the molecule is COc1cccc(-c2cnc(N3CCOCC3)c3c(F)cc(F)cc23)c1. The molecule has 0 radical (unpaired) electrons. The number of hydrogen-bond acceptors (Lipinski definition) is 4. The van der Waals surface area contributed by atoms with Crippen LogP contribution in [0.15, 0.2) is 42.6 Å². The number of ether oxygens (including phenoxy) is 2. The summed E-state index contributed by atoms with van der Waals surface area (Å²) in [7, 11) is 1.58. The van der Waals surface area contributed by atoms with Crippen molar-refractivity contribution in [3.63, 3.8) is 0 Å². The van der Waals surface area contributed by atoms with E-state index in [9.17, 15) is 8.78 Å². The van der Waals surface area contributed by atoms with Gasteiger partial charge in [-0.25, -0.2) is 13.8 Å². The second-order valence-electron chi connectivity index (χ2n) is 6.14. The Morgan fingerprint density at radius 1 is 1.12 bits per heavy atom. The fraction of sp³-hybridized carbons (Fsp3) is 0.250. The maximum Gasteiger partial charge on any atom is 0.139 e. The Kier molecular flexibility index (Phi) is 4.42. The Bertz CT molecular complexity index is 956. The van der Waals surface area contributed by atoms with Gasteiger partial charge in [-0.3, -0.25) is 0 Å². The molecule has 1 fully saturated rings. The van der Waals surface area contributed by atoms with Crippen molar-refractivity contribution >= 4 is 16.6 Å². The summed E-state index contributed by atoms with van der Waals surface area (Å²) in [5.41, 5.74) is 1.45. The number of halogens is 2. The Morgan fingerprint density at radius 2 is 1.92 bits per heavy atom. The van der Waals surface area contributed by atoms with Crippen molar-refractivity contribution in [2.75, 3.05) is 38.3 Å². The van der Waals surface area contributed by atoms with Gasteiger partial charge >= 0.3 is 0 Å². The van der Waals surface area contributed by atoms with Crippen LogP contribution in [-0.4, -0.2) is 38.4 Å². The van der Waals surface area contributed by atoms with Gasteiger partial charge in [0.2, 0.25) is 0 Å². The maximum absolute atomic E-state index is 14.7. The van der Waals surface area contributed by atoms with E-state index in [0.717, 1.165) is 11.6 Å². The number of morpholine rings is 1. The molecule has 0 N–H and O–H groups in total. The topological polar surface area (TPSA) is 34.6 Å². The van der Waals surface area contributed by atoms with Gasteiger partial charge in [-0.2, -0.15) is 0 Å². The number of rotatable bonds is 3. The Morgan fingerprint density at radius 3 is 2.69 bits per heavy atom. The zero-order valence-corrected chi connectivity index (χ0v) is 14.3. The molecule has 1 aromatic heterocycles. The number of hydrogen-bond donors (Lipinski definition) is 0. The maximum atomic E-state index is 14.7. The average molecular weight is 356 g/mol. The van der Waals surface area contributed by atoms with Crippen LogP contribution >= 0.6 is 0 Å². The zero-order chi connectivity index (χ0) is 18.1. The Balaban J connectivity index is 1.95. The van der Waals surface area contributed by atoms with Crippen LogP contribution < -0.4 is 9.64 Å². The molecule has 2 heterocycles. The molecule has 2 aromatic carbocycles. The van der Waals surface area contributed by atoms with Crippen molar-refractivity contribution < 1.29 is 18.3 Å². The van der Waals surface area contributed by atoms with E-state index in [-0.39, 0.29) is 0 Å². The first-order chi connectivity index (χ1) is 12.7. The van der Waals surface area contributed by atoms with Gasteiger partial charge in [-0.05, 0) is 23.8 Å². The quantitative estimate of drug-likeness (QED) is 0.710. The van der Waals surface area contributed by atoms with Crippen molar-refractivity contribution in [1.82, 2.24) is 4.98 Å². The minimum Gasteiger partial charge on any atom is -0.497 e. The van der Waals surface area contributed by atoms with Gasteiger partial charge < -0.3 is 14.4 Å². The molecule has 0 spiro atoms. The van der Waals surface area contributed by atoms with E-state index in [1.807, 2.05) is 29.2 Å². The van der Waals surface area contributed by atoms with Gasteiger partial charge in [0.15, 0.2) is 0 Å². The standard InChI is InChI=1S/C20H18F2N2O2/c1-25-15-4-2-3-13(9-15)17-12-23-20(24-5-7-26-8-6-24)19-16(17)10-14(21)11-18(19)22/h2-4,9-12H,5-8H2,1H3. The molecule has 1 aliphatic rings. The van der Waals surface area contributed by atoms with Crippen LogP contribution in [0.4, 0.5) is 14.6 Å². The van der Waals surface area contributed by atoms with E-state index < -0.39 is 11.6 Å². The number of aromatic nitrogens is 1.